The molecule has 0 saturated carbocycles. The molecule has 5 nitrogen and oxygen atoms in total. The summed E-state index contributed by atoms with van der Waals surface area (Å²) in [6.45, 7) is 2.81. The summed E-state index contributed by atoms with van der Waals surface area (Å²) in [4.78, 5) is 29.3. The molecule has 2 fully saturated rings. The Morgan fingerprint density at radius 1 is 1.14 bits per heavy atom. The summed E-state index contributed by atoms with van der Waals surface area (Å²) >= 11 is 0. The number of amides is 2. The Morgan fingerprint density at radius 2 is 1.93 bits per heavy atom. The number of halogens is 2. The molecular weight excluding hydrogens is 393 g/mol. The molecule has 0 bridgehead atoms. The van der Waals surface area contributed by atoms with Crippen molar-refractivity contribution in [2.24, 2.45) is 5.92 Å². The van der Waals surface area contributed by atoms with Gasteiger partial charge in [-0.15, -0.1) is 12.4 Å². The van der Waals surface area contributed by atoms with Crippen LogP contribution in [0, 0.1) is 11.7 Å². The topological polar surface area (TPSA) is 52.7 Å². The predicted octanol–water partition coefficient (Wildman–Crippen LogP) is 2.77. The molecule has 29 heavy (non-hydrogen) atoms. The Morgan fingerprint density at radius 3 is 2.69 bits per heavy atom. The van der Waals surface area contributed by atoms with Crippen LogP contribution in [0.2, 0.25) is 0 Å². The van der Waals surface area contributed by atoms with Crippen molar-refractivity contribution < 1.29 is 14.0 Å². The zero-order valence-electron chi connectivity index (χ0n) is 16.1. The van der Waals surface area contributed by atoms with Crippen LogP contribution in [-0.2, 0) is 16.1 Å². The van der Waals surface area contributed by atoms with E-state index in [2.05, 4.69) is 5.32 Å². The quantitative estimate of drug-likeness (QED) is 0.832. The van der Waals surface area contributed by atoms with Gasteiger partial charge in [0.25, 0.3) is 0 Å². The van der Waals surface area contributed by atoms with Gasteiger partial charge in [0.15, 0.2) is 0 Å². The minimum Gasteiger partial charge on any atom is -0.338 e. The lowest BCUT2D eigenvalue weighted by Gasteiger charge is -2.38. The summed E-state index contributed by atoms with van der Waals surface area (Å²) in [6.07, 6.45) is 0.242. The maximum absolute atomic E-state index is 13.7. The average Bonchev–Trinajstić information content (AvgIpc) is 3.08. The van der Waals surface area contributed by atoms with Gasteiger partial charge in [-0.2, -0.15) is 0 Å². The van der Waals surface area contributed by atoms with E-state index in [1.54, 1.807) is 11.0 Å². The fourth-order valence-corrected chi connectivity index (χ4v) is 4.11. The number of hydrogen-bond donors (Lipinski definition) is 1. The molecule has 2 atom stereocenters. The molecule has 2 aromatic rings. The molecule has 0 radical (unpaired) electrons. The van der Waals surface area contributed by atoms with Gasteiger partial charge in [-0.25, -0.2) is 4.39 Å². The fourth-order valence-electron chi connectivity index (χ4n) is 4.11. The van der Waals surface area contributed by atoms with Gasteiger partial charge in [-0.05, 0) is 23.3 Å². The summed E-state index contributed by atoms with van der Waals surface area (Å²) in [5.74, 6) is -0.648. The minimum absolute atomic E-state index is 0. The second kappa shape index (κ2) is 9.37. The second-order valence-corrected chi connectivity index (χ2v) is 7.47. The van der Waals surface area contributed by atoms with Crippen LogP contribution in [0.15, 0.2) is 54.6 Å². The van der Waals surface area contributed by atoms with E-state index in [0.717, 1.165) is 11.1 Å². The molecule has 2 heterocycles. The van der Waals surface area contributed by atoms with Crippen molar-refractivity contribution in [1.82, 2.24) is 15.1 Å². The third-order valence-corrected chi connectivity index (χ3v) is 5.54. The lowest BCUT2D eigenvalue weighted by atomic mass is 9.99. The van der Waals surface area contributed by atoms with Crippen LogP contribution in [0.4, 0.5) is 4.39 Å². The number of benzene rings is 2. The lowest BCUT2D eigenvalue weighted by molar-refractivity contribution is -0.139. The van der Waals surface area contributed by atoms with Gasteiger partial charge in [0.05, 0.1) is 12.0 Å². The van der Waals surface area contributed by atoms with E-state index >= 15 is 0 Å². The number of nitrogens with one attached hydrogen (secondary N) is 1. The number of likely N-dealkylation sites (tertiary alicyclic amines) is 1. The van der Waals surface area contributed by atoms with E-state index in [9.17, 15) is 14.0 Å². The molecule has 2 aliphatic rings. The van der Waals surface area contributed by atoms with Gasteiger partial charge in [-0.3, -0.25) is 9.59 Å². The Balaban J connectivity index is 0.00000240. The van der Waals surface area contributed by atoms with E-state index in [-0.39, 0.29) is 48.4 Å². The van der Waals surface area contributed by atoms with Crippen LogP contribution < -0.4 is 5.32 Å². The number of hydrogen-bond acceptors (Lipinski definition) is 3. The Labute approximate surface area is 176 Å². The third-order valence-electron chi connectivity index (χ3n) is 5.54. The summed E-state index contributed by atoms with van der Waals surface area (Å²) in [5, 5.41) is 3.28. The SMILES string of the molecule is Cl.O=C1CC(C(=O)N2CCNCC2c2cccc(F)c2)CN1Cc1ccccc1. The number of carbonyl (C=O) groups excluding carboxylic acids is 2. The fraction of sp³-hybridized carbons (Fsp3) is 0.364. The van der Waals surface area contributed by atoms with Crippen LogP contribution >= 0.6 is 12.4 Å². The molecule has 2 aliphatic heterocycles. The van der Waals surface area contributed by atoms with Crippen molar-refractivity contribution in [2.75, 3.05) is 26.2 Å². The standard InChI is InChI=1S/C22H24FN3O2.ClH/c23-19-8-4-7-17(11-19)20-13-24-9-10-26(20)22(28)18-12-21(27)25(15-18)14-16-5-2-1-3-6-16;/h1-8,11,18,20,24H,9-10,12-15H2;1H. The normalized spacial score (nSPS) is 21.8. The maximum Gasteiger partial charge on any atom is 0.228 e. The highest BCUT2D eigenvalue weighted by molar-refractivity contribution is 5.89. The van der Waals surface area contributed by atoms with E-state index in [0.29, 0.717) is 32.7 Å². The molecule has 1 N–H and O–H groups in total. The second-order valence-electron chi connectivity index (χ2n) is 7.47. The molecule has 2 aromatic carbocycles. The first kappa shape index (κ1) is 21.3. The van der Waals surface area contributed by atoms with E-state index in [1.807, 2.05) is 41.3 Å². The van der Waals surface area contributed by atoms with Crippen molar-refractivity contribution in [3.63, 3.8) is 0 Å². The predicted molar refractivity (Wildman–Crippen MR) is 111 cm³/mol. The molecule has 154 valence electrons. The van der Waals surface area contributed by atoms with Crippen LogP contribution in [0.3, 0.4) is 0 Å². The molecule has 2 saturated heterocycles. The number of piperazine rings is 1. The zero-order chi connectivity index (χ0) is 19.5. The van der Waals surface area contributed by atoms with Crippen LogP contribution in [-0.4, -0.2) is 47.8 Å². The van der Waals surface area contributed by atoms with Crippen molar-refractivity contribution in [3.8, 4) is 0 Å². The van der Waals surface area contributed by atoms with Gasteiger partial charge >= 0.3 is 0 Å². The van der Waals surface area contributed by atoms with Gasteiger partial charge in [0.2, 0.25) is 11.8 Å². The van der Waals surface area contributed by atoms with Gasteiger partial charge in [0.1, 0.15) is 5.82 Å². The average molecular weight is 418 g/mol. The third kappa shape index (κ3) is 4.77. The molecule has 4 rings (SSSR count). The van der Waals surface area contributed by atoms with Crippen LogP contribution in [0.5, 0.6) is 0 Å². The molecule has 2 unspecified atom stereocenters. The van der Waals surface area contributed by atoms with Crippen molar-refractivity contribution in [2.45, 2.75) is 19.0 Å². The highest BCUT2D eigenvalue weighted by Gasteiger charge is 2.39. The van der Waals surface area contributed by atoms with Crippen molar-refractivity contribution in [3.05, 3.63) is 71.5 Å². The number of nitrogens with zero attached hydrogens (tertiary/aromatic N) is 2. The molecule has 0 aromatic heterocycles. The highest BCUT2D eigenvalue weighted by atomic mass is 35.5. The summed E-state index contributed by atoms with van der Waals surface area (Å²) in [7, 11) is 0. The first-order chi connectivity index (χ1) is 13.6. The Hall–Kier alpha value is -2.44. The van der Waals surface area contributed by atoms with Gasteiger partial charge in [0, 0.05) is 39.1 Å². The molecule has 7 heteroatoms. The smallest absolute Gasteiger partial charge is 0.228 e. The van der Waals surface area contributed by atoms with Crippen LogP contribution in [0.1, 0.15) is 23.6 Å². The molecule has 0 spiro atoms. The Kier molecular flexibility index (Phi) is 6.87. The van der Waals surface area contributed by atoms with E-state index in [4.69, 9.17) is 0 Å². The molecular formula is C22H25ClFN3O2. The molecule has 0 aliphatic carbocycles. The van der Waals surface area contributed by atoms with Gasteiger partial charge < -0.3 is 15.1 Å². The van der Waals surface area contributed by atoms with Gasteiger partial charge in [-0.1, -0.05) is 42.5 Å². The first-order valence-electron chi connectivity index (χ1n) is 9.70. The molecule has 2 amide bonds. The van der Waals surface area contributed by atoms with Crippen molar-refractivity contribution in [1.29, 1.82) is 0 Å². The summed E-state index contributed by atoms with van der Waals surface area (Å²) in [6, 6.07) is 16.0. The summed E-state index contributed by atoms with van der Waals surface area (Å²) in [5.41, 5.74) is 1.84. The van der Waals surface area contributed by atoms with E-state index in [1.165, 1.54) is 12.1 Å². The Bertz CT molecular complexity index is 864. The van der Waals surface area contributed by atoms with Crippen LogP contribution in [0.25, 0.3) is 0 Å². The summed E-state index contributed by atoms with van der Waals surface area (Å²) < 4.78 is 13.7. The zero-order valence-corrected chi connectivity index (χ0v) is 16.9. The number of carbonyl (C=O) groups is 2. The largest absolute Gasteiger partial charge is 0.338 e. The lowest BCUT2D eigenvalue weighted by Crippen LogP contribution is -2.50. The highest BCUT2D eigenvalue weighted by Crippen LogP contribution is 2.28. The number of rotatable bonds is 4. The maximum atomic E-state index is 13.7. The minimum atomic E-state index is -0.342. The monoisotopic (exact) mass is 417 g/mol. The van der Waals surface area contributed by atoms with E-state index < -0.39 is 0 Å². The first-order valence-corrected chi connectivity index (χ1v) is 9.70. The van der Waals surface area contributed by atoms with Crippen molar-refractivity contribution >= 4 is 24.2 Å².